The molecule has 0 aliphatic heterocycles. The minimum Gasteiger partial charge on any atom is -0.396 e. The molecule has 0 atom stereocenters. The topological polar surface area (TPSA) is 72.6 Å². The summed E-state index contributed by atoms with van der Waals surface area (Å²) < 4.78 is 19.5. The average molecular weight is 281 g/mol. The Morgan fingerprint density at radius 1 is 1.35 bits per heavy atom. The van der Waals surface area contributed by atoms with Crippen molar-refractivity contribution in [1.82, 2.24) is 0 Å². The molecule has 0 spiro atoms. The van der Waals surface area contributed by atoms with Crippen molar-refractivity contribution in [3.63, 3.8) is 0 Å². The summed E-state index contributed by atoms with van der Waals surface area (Å²) in [5.41, 5.74) is 5.68. The van der Waals surface area contributed by atoms with Crippen molar-refractivity contribution in [2.75, 3.05) is 6.61 Å². The van der Waals surface area contributed by atoms with Crippen LogP contribution in [0.4, 0.5) is 4.39 Å². The van der Waals surface area contributed by atoms with E-state index < -0.39 is 11.7 Å². The molecule has 110 valence electrons. The lowest BCUT2D eigenvalue weighted by atomic mass is 9.88. The molecule has 1 saturated carbocycles. The maximum atomic E-state index is 13.8. The van der Waals surface area contributed by atoms with Crippen LogP contribution in [-0.2, 0) is 11.3 Å². The second kappa shape index (κ2) is 6.81. The molecular weight excluding hydrogens is 261 g/mol. The van der Waals surface area contributed by atoms with E-state index in [1.807, 2.05) is 0 Å². The Morgan fingerprint density at radius 2 is 2.05 bits per heavy atom. The normalized spacial score (nSPS) is 22.7. The molecule has 2 rings (SSSR count). The minimum absolute atomic E-state index is 0.119. The number of ether oxygens (including phenoxy) is 1. The van der Waals surface area contributed by atoms with Gasteiger partial charge in [0.15, 0.2) is 0 Å². The zero-order chi connectivity index (χ0) is 14.5. The largest absolute Gasteiger partial charge is 0.396 e. The second-order valence-electron chi connectivity index (χ2n) is 5.31. The molecule has 0 saturated heterocycles. The molecule has 1 aliphatic rings. The van der Waals surface area contributed by atoms with Crippen LogP contribution in [0.5, 0.6) is 0 Å². The number of primary amides is 1. The first-order chi connectivity index (χ1) is 9.60. The third kappa shape index (κ3) is 3.77. The summed E-state index contributed by atoms with van der Waals surface area (Å²) in [7, 11) is 0. The first-order valence-electron chi connectivity index (χ1n) is 6.91. The summed E-state index contributed by atoms with van der Waals surface area (Å²) in [6, 6.07) is 4.19. The van der Waals surface area contributed by atoms with E-state index in [1.54, 1.807) is 0 Å². The fraction of sp³-hybridized carbons (Fsp3) is 0.533. The van der Waals surface area contributed by atoms with Crippen LogP contribution in [0.25, 0.3) is 0 Å². The van der Waals surface area contributed by atoms with E-state index in [-0.39, 0.29) is 24.9 Å². The monoisotopic (exact) mass is 281 g/mol. The number of amides is 1. The first kappa shape index (κ1) is 14.9. The van der Waals surface area contributed by atoms with Gasteiger partial charge in [-0.25, -0.2) is 4.39 Å². The van der Waals surface area contributed by atoms with E-state index in [2.05, 4.69) is 0 Å². The van der Waals surface area contributed by atoms with Gasteiger partial charge in [0, 0.05) is 17.7 Å². The first-order valence-corrected chi connectivity index (χ1v) is 6.91. The minimum atomic E-state index is -0.640. The number of aliphatic hydroxyl groups excluding tert-OH is 1. The SMILES string of the molecule is NC(=O)c1ccc(COC2CCC(CO)CC2)c(F)c1. The van der Waals surface area contributed by atoms with E-state index >= 15 is 0 Å². The quantitative estimate of drug-likeness (QED) is 0.867. The molecule has 0 aromatic heterocycles. The summed E-state index contributed by atoms with van der Waals surface area (Å²) in [5, 5.41) is 9.06. The maximum Gasteiger partial charge on any atom is 0.248 e. The predicted molar refractivity (Wildman–Crippen MR) is 72.5 cm³/mol. The highest BCUT2D eigenvalue weighted by Gasteiger charge is 2.21. The van der Waals surface area contributed by atoms with E-state index in [0.717, 1.165) is 31.7 Å². The molecule has 0 heterocycles. The molecule has 5 heteroatoms. The van der Waals surface area contributed by atoms with Gasteiger partial charge in [0.05, 0.1) is 12.7 Å². The molecule has 1 fully saturated rings. The molecule has 20 heavy (non-hydrogen) atoms. The third-order valence-electron chi connectivity index (χ3n) is 3.86. The Bertz CT molecular complexity index is 470. The van der Waals surface area contributed by atoms with Gasteiger partial charge >= 0.3 is 0 Å². The number of carbonyl (C=O) groups is 1. The number of aliphatic hydroxyl groups is 1. The number of carbonyl (C=O) groups excluding carboxylic acids is 1. The van der Waals surface area contributed by atoms with Crippen molar-refractivity contribution in [3.8, 4) is 0 Å². The predicted octanol–water partition coefficient (Wildman–Crippen LogP) is 1.99. The lowest BCUT2D eigenvalue weighted by Crippen LogP contribution is -2.23. The zero-order valence-corrected chi connectivity index (χ0v) is 11.3. The van der Waals surface area contributed by atoms with Crippen LogP contribution in [0.1, 0.15) is 41.6 Å². The molecule has 0 unspecified atom stereocenters. The lowest BCUT2D eigenvalue weighted by molar-refractivity contribution is 0.000141. The van der Waals surface area contributed by atoms with Crippen molar-refractivity contribution in [1.29, 1.82) is 0 Å². The fourth-order valence-electron chi connectivity index (χ4n) is 2.51. The van der Waals surface area contributed by atoms with E-state index in [1.165, 1.54) is 12.1 Å². The highest BCUT2D eigenvalue weighted by Crippen LogP contribution is 2.26. The maximum absolute atomic E-state index is 13.8. The highest BCUT2D eigenvalue weighted by molar-refractivity contribution is 5.92. The van der Waals surface area contributed by atoms with Gasteiger partial charge in [0.2, 0.25) is 5.91 Å². The standard InChI is InChI=1S/C15H20FNO3/c16-14-7-11(15(17)19)3-4-12(14)9-20-13-5-1-10(8-18)2-6-13/h3-4,7,10,13,18H,1-2,5-6,8-9H2,(H2,17,19). The summed E-state index contributed by atoms with van der Waals surface area (Å²) in [6.07, 6.45) is 3.81. The van der Waals surface area contributed by atoms with Gasteiger partial charge in [-0.15, -0.1) is 0 Å². The number of hydrogen-bond acceptors (Lipinski definition) is 3. The summed E-state index contributed by atoms with van der Waals surface area (Å²) in [5.74, 6) is -0.731. The van der Waals surface area contributed by atoms with Crippen LogP contribution in [-0.4, -0.2) is 23.7 Å². The molecule has 3 N–H and O–H groups in total. The molecule has 1 aromatic rings. The number of rotatable bonds is 5. The van der Waals surface area contributed by atoms with Crippen molar-refractivity contribution < 1.29 is 19.0 Å². The Balaban J connectivity index is 1.87. The molecule has 0 radical (unpaired) electrons. The van der Waals surface area contributed by atoms with Gasteiger partial charge < -0.3 is 15.6 Å². The van der Waals surface area contributed by atoms with Crippen molar-refractivity contribution in [3.05, 3.63) is 35.1 Å². The Labute approximate surface area is 117 Å². The van der Waals surface area contributed by atoms with Crippen molar-refractivity contribution in [2.24, 2.45) is 11.7 Å². The Hall–Kier alpha value is -1.46. The van der Waals surface area contributed by atoms with Crippen molar-refractivity contribution in [2.45, 2.75) is 38.4 Å². The summed E-state index contributed by atoms with van der Waals surface area (Å²) in [4.78, 5) is 10.9. The van der Waals surface area contributed by atoms with Crippen LogP contribution in [0.3, 0.4) is 0 Å². The number of halogens is 1. The summed E-state index contributed by atoms with van der Waals surface area (Å²) >= 11 is 0. The van der Waals surface area contributed by atoms with Gasteiger partial charge in [-0.05, 0) is 43.7 Å². The van der Waals surface area contributed by atoms with Crippen LogP contribution < -0.4 is 5.73 Å². The smallest absolute Gasteiger partial charge is 0.248 e. The fourth-order valence-corrected chi connectivity index (χ4v) is 2.51. The van der Waals surface area contributed by atoms with Crippen LogP contribution in [0, 0.1) is 11.7 Å². The van der Waals surface area contributed by atoms with Gasteiger partial charge in [-0.1, -0.05) is 6.07 Å². The van der Waals surface area contributed by atoms with Gasteiger partial charge in [0.1, 0.15) is 5.82 Å². The van der Waals surface area contributed by atoms with Crippen LogP contribution in [0.15, 0.2) is 18.2 Å². The number of nitrogens with two attached hydrogens (primary N) is 1. The van der Waals surface area contributed by atoms with Gasteiger partial charge in [0.25, 0.3) is 0 Å². The molecule has 1 aromatic carbocycles. The van der Waals surface area contributed by atoms with E-state index in [9.17, 15) is 9.18 Å². The third-order valence-corrected chi connectivity index (χ3v) is 3.86. The zero-order valence-electron chi connectivity index (χ0n) is 11.3. The Morgan fingerprint density at radius 3 is 2.60 bits per heavy atom. The lowest BCUT2D eigenvalue weighted by Gasteiger charge is -2.27. The van der Waals surface area contributed by atoms with E-state index in [4.69, 9.17) is 15.6 Å². The molecule has 1 aliphatic carbocycles. The highest BCUT2D eigenvalue weighted by atomic mass is 19.1. The number of hydrogen-bond donors (Lipinski definition) is 2. The average Bonchev–Trinajstić information content (AvgIpc) is 2.46. The van der Waals surface area contributed by atoms with Gasteiger partial charge in [-0.2, -0.15) is 0 Å². The van der Waals surface area contributed by atoms with Crippen molar-refractivity contribution >= 4 is 5.91 Å². The van der Waals surface area contributed by atoms with E-state index in [0.29, 0.717) is 11.5 Å². The molecule has 4 nitrogen and oxygen atoms in total. The Kier molecular flexibility index (Phi) is 5.09. The molecule has 0 bridgehead atoms. The molecular formula is C15H20FNO3. The number of benzene rings is 1. The van der Waals surface area contributed by atoms with Crippen LogP contribution >= 0.6 is 0 Å². The molecule has 1 amide bonds. The van der Waals surface area contributed by atoms with Crippen LogP contribution in [0.2, 0.25) is 0 Å². The second-order valence-corrected chi connectivity index (χ2v) is 5.31. The summed E-state index contributed by atoms with van der Waals surface area (Å²) in [6.45, 7) is 0.426. The van der Waals surface area contributed by atoms with Gasteiger partial charge in [-0.3, -0.25) is 4.79 Å².